The van der Waals surface area contributed by atoms with Gasteiger partial charge in [-0.05, 0) is 11.6 Å². The van der Waals surface area contributed by atoms with Crippen molar-refractivity contribution in [2.24, 2.45) is 0 Å². The highest BCUT2D eigenvalue weighted by Crippen LogP contribution is 2.40. The monoisotopic (exact) mass is 242 g/mol. The van der Waals surface area contributed by atoms with E-state index in [2.05, 4.69) is 0 Å². The summed E-state index contributed by atoms with van der Waals surface area (Å²) < 4.78 is 15.3. The molecule has 0 aliphatic carbocycles. The zero-order valence-corrected chi connectivity index (χ0v) is 9.76. The molecule has 0 spiro atoms. The van der Waals surface area contributed by atoms with Gasteiger partial charge in [0.05, 0.1) is 14.2 Å². The van der Waals surface area contributed by atoms with Crippen molar-refractivity contribution in [3.63, 3.8) is 0 Å². The van der Waals surface area contributed by atoms with Crippen LogP contribution in [0.4, 0.5) is 0 Å². The molecule has 0 bridgehead atoms. The van der Waals surface area contributed by atoms with Crippen molar-refractivity contribution in [2.75, 3.05) is 14.2 Å². The SMILES string of the molecule is COc1cc(CCl)c2c(c1OC)C(=O)OC2. The van der Waals surface area contributed by atoms with Gasteiger partial charge in [0.25, 0.3) is 0 Å². The Morgan fingerprint density at radius 1 is 1.44 bits per heavy atom. The molecule has 0 saturated carbocycles. The fraction of sp³-hybridized carbons (Fsp3) is 0.364. The Morgan fingerprint density at radius 2 is 2.19 bits per heavy atom. The minimum Gasteiger partial charge on any atom is -0.493 e. The van der Waals surface area contributed by atoms with Crippen LogP contribution in [0.2, 0.25) is 0 Å². The summed E-state index contributed by atoms with van der Waals surface area (Å²) in [6.45, 7) is 0.247. The Bertz CT molecular complexity index is 442. The number of ether oxygens (including phenoxy) is 3. The maximum atomic E-state index is 11.6. The van der Waals surface area contributed by atoms with Crippen molar-refractivity contribution >= 4 is 17.6 Å². The van der Waals surface area contributed by atoms with Gasteiger partial charge in [0, 0.05) is 11.4 Å². The average molecular weight is 243 g/mol. The number of cyclic esters (lactones) is 1. The number of esters is 1. The second-order valence-electron chi connectivity index (χ2n) is 3.33. The third-order valence-corrected chi connectivity index (χ3v) is 2.85. The van der Waals surface area contributed by atoms with Crippen molar-refractivity contribution in [1.82, 2.24) is 0 Å². The van der Waals surface area contributed by atoms with E-state index < -0.39 is 5.97 Å². The van der Waals surface area contributed by atoms with Gasteiger partial charge in [-0.25, -0.2) is 4.79 Å². The summed E-state index contributed by atoms with van der Waals surface area (Å²) in [7, 11) is 3.01. The van der Waals surface area contributed by atoms with E-state index in [9.17, 15) is 4.79 Å². The summed E-state index contributed by atoms with van der Waals surface area (Å²) in [5.74, 6) is 0.820. The molecule has 0 aromatic heterocycles. The lowest BCUT2D eigenvalue weighted by Crippen LogP contribution is -2.02. The largest absolute Gasteiger partial charge is 0.493 e. The summed E-state index contributed by atoms with van der Waals surface area (Å²) >= 11 is 5.82. The number of benzene rings is 1. The van der Waals surface area contributed by atoms with Gasteiger partial charge >= 0.3 is 5.97 Å². The van der Waals surface area contributed by atoms with E-state index in [0.717, 1.165) is 11.1 Å². The molecule has 4 nitrogen and oxygen atoms in total. The molecule has 1 aromatic rings. The van der Waals surface area contributed by atoms with E-state index >= 15 is 0 Å². The quantitative estimate of drug-likeness (QED) is 0.602. The molecule has 1 aromatic carbocycles. The molecule has 2 rings (SSSR count). The molecule has 1 aliphatic rings. The number of carbonyl (C=O) groups is 1. The van der Waals surface area contributed by atoms with Crippen LogP contribution in [0.3, 0.4) is 0 Å². The number of hydrogen-bond donors (Lipinski definition) is 0. The molecule has 5 heteroatoms. The first-order valence-electron chi connectivity index (χ1n) is 4.72. The highest BCUT2D eigenvalue weighted by Gasteiger charge is 2.30. The molecule has 0 radical (unpaired) electrons. The Labute approximate surface area is 98.1 Å². The Hall–Kier alpha value is -1.42. The summed E-state index contributed by atoms with van der Waals surface area (Å²) in [5.41, 5.74) is 2.05. The van der Waals surface area contributed by atoms with Crippen molar-refractivity contribution < 1.29 is 19.0 Å². The molecule has 0 atom stereocenters. The fourth-order valence-corrected chi connectivity index (χ4v) is 2.03. The molecule has 1 heterocycles. The molecular formula is C11H11ClO4. The van der Waals surface area contributed by atoms with Crippen LogP contribution in [0, 0.1) is 0 Å². The number of carbonyl (C=O) groups excluding carboxylic acids is 1. The van der Waals surface area contributed by atoms with Crippen LogP contribution in [0.15, 0.2) is 6.07 Å². The van der Waals surface area contributed by atoms with E-state index in [1.165, 1.54) is 14.2 Å². The number of fused-ring (bicyclic) bond motifs is 1. The van der Waals surface area contributed by atoms with Crippen molar-refractivity contribution in [3.8, 4) is 11.5 Å². The highest BCUT2D eigenvalue weighted by atomic mass is 35.5. The number of alkyl halides is 1. The smallest absolute Gasteiger partial charge is 0.342 e. The highest BCUT2D eigenvalue weighted by molar-refractivity contribution is 6.17. The Kier molecular flexibility index (Phi) is 2.92. The van der Waals surface area contributed by atoms with Gasteiger partial charge in [-0.15, -0.1) is 11.6 Å². The van der Waals surface area contributed by atoms with Gasteiger partial charge in [0.2, 0.25) is 0 Å². The van der Waals surface area contributed by atoms with E-state index in [4.69, 9.17) is 25.8 Å². The molecule has 0 N–H and O–H groups in total. The minimum absolute atomic E-state index is 0.247. The third kappa shape index (κ3) is 1.50. The van der Waals surface area contributed by atoms with Crippen LogP contribution in [-0.2, 0) is 17.2 Å². The summed E-state index contributed by atoms with van der Waals surface area (Å²) in [5, 5.41) is 0. The summed E-state index contributed by atoms with van der Waals surface area (Å²) in [4.78, 5) is 11.6. The molecule has 0 saturated heterocycles. The van der Waals surface area contributed by atoms with Gasteiger partial charge in [-0.3, -0.25) is 0 Å². The maximum Gasteiger partial charge on any atom is 0.342 e. The Balaban J connectivity index is 2.70. The zero-order chi connectivity index (χ0) is 11.7. The number of rotatable bonds is 3. The summed E-state index contributed by atoms with van der Waals surface area (Å²) in [6.07, 6.45) is 0. The van der Waals surface area contributed by atoms with Crippen LogP contribution < -0.4 is 9.47 Å². The van der Waals surface area contributed by atoms with Crippen molar-refractivity contribution in [1.29, 1.82) is 0 Å². The van der Waals surface area contributed by atoms with Gasteiger partial charge in [0.15, 0.2) is 11.5 Å². The van der Waals surface area contributed by atoms with E-state index in [1.54, 1.807) is 6.07 Å². The molecule has 0 fully saturated rings. The molecule has 0 amide bonds. The normalized spacial score (nSPS) is 13.3. The van der Waals surface area contributed by atoms with Gasteiger partial charge in [-0.2, -0.15) is 0 Å². The Morgan fingerprint density at radius 3 is 2.75 bits per heavy atom. The van der Waals surface area contributed by atoms with E-state index in [-0.39, 0.29) is 6.61 Å². The lowest BCUT2D eigenvalue weighted by atomic mass is 10.0. The standard InChI is InChI=1S/C11H11ClO4/c1-14-8-3-6(4-12)7-5-16-11(13)9(7)10(8)15-2/h3H,4-5H2,1-2H3. The van der Waals surface area contributed by atoms with Crippen LogP contribution in [-0.4, -0.2) is 20.2 Å². The van der Waals surface area contributed by atoms with Gasteiger partial charge < -0.3 is 14.2 Å². The van der Waals surface area contributed by atoms with Crippen molar-refractivity contribution in [2.45, 2.75) is 12.5 Å². The van der Waals surface area contributed by atoms with Gasteiger partial charge in [0.1, 0.15) is 12.2 Å². The molecule has 0 unspecified atom stereocenters. The topological polar surface area (TPSA) is 44.8 Å². The predicted octanol–water partition coefficient (Wildman–Crippen LogP) is 2.11. The van der Waals surface area contributed by atoms with Gasteiger partial charge in [-0.1, -0.05) is 0 Å². The van der Waals surface area contributed by atoms with Crippen LogP contribution in [0.25, 0.3) is 0 Å². The number of halogens is 1. The molecule has 1 aliphatic heterocycles. The van der Waals surface area contributed by atoms with E-state index in [1.807, 2.05) is 0 Å². The lowest BCUT2D eigenvalue weighted by molar-refractivity contribution is 0.0532. The average Bonchev–Trinajstić information content (AvgIpc) is 2.70. The number of methoxy groups -OCH3 is 2. The zero-order valence-electron chi connectivity index (χ0n) is 9.00. The first kappa shape index (κ1) is 11.1. The summed E-state index contributed by atoms with van der Waals surface area (Å²) in [6, 6.07) is 1.77. The molecule has 86 valence electrons. The lowest BCUT2D eigenvalue weighted by Gasteiger charge is -2.12. The first-order valence-corrected chi connectivity index (χ1v) is 5.26. The second kappa shape index (κ2) is 4.22. The van der Waals surface area contributed by atoms with Crippen LogP contribution in [0.1, 0.15) is 21.5 Å². The first-order chi connectivity index (χ1) is 7.72. The minimum atomic E-state index is -0.392. The molecular weight excluding hydrogens is 232 g/mol. The van der Waals surface area contributed by atoms with Crippen LogP contribution in [0.5, 0.6) is 11.5 Å². The third-order valence-electron chi connectivity index (χ3n) is 2.57. The van der Waals surface area contributed by atoms with E-state index in [0.29, 0.717) is 22.9 Å². The van der Waals surface area contributed by atoms with Crippen LogP contribution >= 0.6 is 11.6 Å². The predicted molar refractivity (Wildman–Crippen MR) is 58.2 cm³/mol. The number of hydrogen-bond acceptors (Lipinski definition) is 4. The molecule has 16 heavy (non-hydrogen) atoms. The maximum absolute atomic E-state index is 11.6. The second-order valence-corrected chi connectivity index (χ2v) is 3.60. The fourth-order valence-electron chi connectivity index (χ4n) is 1.80. The van der Waals surface area contributed by atoms with Crippen molar-refractivity contribution in [3.05, 3.63) is 22.8 Å².